The third-order valence-corrected chi connectivity index (χ3v) is 5.06. The van der Waals surface area contributed by atoms with Crippen LogP contribution in [0.3, 0.4) is 0 Å². The molecule has 1 fully saturated rings. The molecule has 1 aliphatic rings. The summed E-state index contributed by atoms with van der Waals surface area (Å²) in [5, 5.41) is 3.27. The second kappa shape index (κ2) is 10.2. The van der Waals surface area contributed by atoms with E-state index in [0.29, 0.717) is 12.0 Å². The molecular weight excluding hydrogens is 246 g/mol. The van der Waals surface area contributed by atoms with Crippen LogP contribution in [-0.2, 0) is 4.79 Å². The van der Waals surface area contributed by atoms with Gasteiger partial charge in [-0.3, -0.25) is 4.79 Å². The number of carbonyl (C=O) groups excluding carboxylic acids is 1. The van der Waals surface area contributed by atoms with Gasteiger partial charge in [-0.25, -0.2) is 0 Å². The van der Waals surface area contributed by atoms with Crippen molar-refractivity contribution in [1.82, 2.24) is 5.32 Å². The zero-order valence-corrected chi connectivity index (χ0v) is 13.9. The lowest BCUT2D eigenvalue weighted by Gasteiger charge is -2.34. The molecule has 0 saturated heterocycles. The van der Waals surface area contributed by atoms with Crippen molar-refractivity contribution in [2.24, 2.45) is 11.8 Å². The molecule has 2 nitrogen and oxygen atoms in total. The minimum Gasteiger partial charge on any atom is -0.353 e. The molecule has 0 heterocycles. The summed E-state index contributed by atoms with van der Waals surface area (Å²) in [6.45, 7) is 6.86. The molecule has 1 N–H and O–H groups in total. The summed E-state index contributed by atoms with van der Waals surface area (Å²) in [7, 11) is 0. The quantitative estimate of drug-likeness (QED) is 0.587. The van der Waals surface area contributed by atoms with Crippen LogP contribution >= 0.6 is 0 Å². The maximum atomic E-state index is 12.0. The number of rotatable bonds is 9. The molecule has 20 heavy (non-hydrogen) atoms. The Hall–Kier alpha value is -0.530. The van der Waals surface area contributed by atoms with E-state index in [0.717, 1.165) is 18.8 Å². The highest BCUT2D eigenvalue weighted by atomic mass is 16.1. The molecule has 0 aliphatic heterocycles. The molecule has 0 unspecified atom stereocenters. The molecule has 1 saturated carbocycles. The van der Waals surface area contributed by atoms with Crippen molar-refractivity contribution in [3.8, 4) is 0 Å². The topological polar surface area (TPSA) is 29.1 Å². The molecular formula is C18H35NO. The molecule has 0 aromatic carbocycles. The molecule has 0 aromatic rings. The largest absolute Gasteiger partial charge is 0.353 e. The zero-order chi connectivity index (χ0) is 14.8. The first-order valence-corrected chi connectivity index (χ1v) is 8.94. The van der Waals surface area contributed by atoms with E-state index in [9.17, 15) is 4.79 Å². The fourth-order valence-electron chi connectivity index (χ4n) is 3.31. The van der Waals surface area contributed by atoms with Gasteiger partial charge in [0, 0.05) is 12.5 Å². The van der Waals surface area contributed by atoms with Crippen molar-refractivity contribution in [3.05, 3.63) is 0 Å². The Labute approximate surface area is 126 Å². The molecule has 3 atom stereocenters. The highest BCUT2D eigenvalue weighted by molar-refractivity contribution is 5.76. The van der Waals surface area contributed by atoms with Crippen LogP contribution in [0, 0.1) is 11.8 Å². The van der Waals surface area contributed by atoms with Gasteiger partial charge in [-0.15, -0.1) is 0 Å². The average molecular weight is 281 g/mol. The summed E-state index contributed by atoms with van der Waals surface area (Å²) < 4.78 is 0. The minimum atomic E-state index is 0.282. The van der Waals surface area contributed by atoms with Gasteiger partial charge >= 0.3 is 0 Å². The van der Waals surface area contributed by atoms with Gasteiger partial charge in [0.15, 0.2) is 0 Å². The molecule has 0 radical (unpaired) electrons. The van der Waals surface area contributed by atoms with Gasteiger partial charge in [0.05, 0.1) is 0 Å². The van der Waals surface area contributed by atoms with Crippen LogP contribution in [0.15, 0.2) is 0 Å². The summed E-state index contributed by atoms with van der Waals surface area (Å²) in [5.74, 6) is 1.68. The van der Waals surface area contributed by atoms with Crippen LogP contribution in [-0.4, -0.2) is 11.9 Å². The van der Waals surface area contributed by atoms with E-state index in [4.69, 9.17) is 0 Å². The lowest BCUT2D eigenvalue weighted by Crippen LogP contribution is -2.43. The number of carbonyl (C=O) groups is 1. The SMILES string of the molecule is CCCCCCCCCC(=O)N[C@@H]1CCC[C@H](C)[C@@H]1C. The van der Waals surface area contributed by atoms with E-state index in [1.807, 2.05) is 0 Å². The first kappa shape index (κ1) is 17.5. The van der Waals surface area contributed by atoms with Crippen LogP contribution in [0.2, 0.25) is 0 Å². The smallest absolute Gasteiger partial charge is 0.220 e. The second-order valence-electron chi connectivity index (χ2n) is 6.81. The Morgan fingerprint density at radius 1 is 1.00 bits per heavy atom. The van der Waals surface area contributed by atoms with Crippen molar-refractivity contribution < 1.29 is 4.79 Å². The molecule has 1 amide bonds. The van der Waals surface area contributed by atoms with Gasteiger partial charge in [-0.2, -0.15) is 0 Å². The van der Waals surface area contributed by atoms with Gasteiger partial charge < -0.3 is 5.32 Å². The number of amides is 1. The van der Waals surface area contributed by atoms with Crippen molar-refractivity contribution in [2.45, 2.75) is 97.4 Å². The van der Waals surface area contributed by atoms with E-state index >= 15 is 0 Å². The fraction of sp³-hybridized carbons (Fsp3) is 0.944. The number of unbranched alkanes of at least 4 members (excludes halogenated alkanes) is 6. The van der Waals surface area contributed by atoms with Gasteiger partial charge in [0.1, 0.15) is 0 Å². The Bertz CT molecular complexity index is 264. The fourth-order valence-corrected chi connectivity index (χ4v) is 3.31. The first-order chi connectivity index (χ1) is 9.65. The highest BCUT2D eigenvalue weighted by Gasteiger charge is 2.27. The summed E-state index contributed by atoms with van der Waals surface area (Å²) in [5.41, 5.74) is 0. The van der Waals surface area contributed by atoms with E-state index in [2.05, 4.69) is 26.1 Å². The zero-order valence-electron chi connectivity index (χ0n) is 13.9. The maximum Gasteiger partial charge on any atom is 0.220 e. The minimum absolute atomic E-state index is 0.282. The van der Waals surface area contributed by atoms with E-state index < -0.39 is 0 Å². The summed E-state index contributed by atoms with van der Waals surface area (Å²) in [6.07, 6.45) is 13.4. The van der Waals surface area contributed by atoms with Crippen molar-refractivity contribution in [1.29, 1.82) is 0 Å². The second-order valence-corrected chi connectivity index (χ2v) is 6.81. The molecule has 0 spiro atoms. The van der Waals surface area contributed by atoms with Crippen LogP contribution in [0.4, 0.5) is 0 Å². The standard InChI is InChI=1S/C18H35NO/c1-4-5-6-7-8-9-10-14-18(20)19-17-13-11-12-15(2)16(17)3/h15-17H,4-14H2,1-3H3,(H,19,20)/t15-,16-,17+/m0/s1. The monoisotopic (exact) mass is 281 g/mol. The Morgan fingerprint density at radius 3 is 2.35 bits per heavy atom. The number of nitrogens with one attached hydrogen (secondary N) is 1. The predicted molar refractivity (Wildman–Crippen MR) is 86.7 cm³/mol. The van der Waals surface area contributed by atoms with Crippen molar-refractivity contribution >= 4 is 5.91 Å². The van der Waals surface area contributed by atoms with E-state index in [1.54, 1.807) is 0 Å². The third-order valence-electron chi connectivity index (χ3n) is 5.06. The Balaban J connectivity index is 2.05. The van der Waals surface area contributed by atoms with Gasteiger partial charge in [0.2, 0.25) is 5.91 Å². The lowest BCUT2D eigenvalue weighted by atomic mass is 9.78. The normalized spacial score (nSPS) is 26.4. The van der Waals surface area contributed by atoms with Crippen LogP contribution in [0.1, 0.15) is 91.4 Å². The Kier molecular flexibility index (Phi) is 8.97. The summed E-state index contributed by atoms with van der Waals surface area (Å²) >= 11 is 0. The average Bonchev–Trinajstić information content (AvgIpc) is 2.43. The molecule has 0 bridgehead atoms. The first-order valence-electron chi connectivity index (χ1n) is 8.94. The molecule has 0 aromatic heterocycles. The lowest BCUT2D eigenvalue weighted by molar-refractivity contribution is -0.122. The van der Waals surface area contributed by atoms with E-state index in [1.165, 1.54) is 57.8 Å². The van der Waals surface area contributed by atoms with Crippen LogP contribution in [0.5, 0.6) is 0 Å². The van der Waals surface area contributed by atoms with Crippen molar-refractivity contribution in [3.63, 3.8) is 0 Å². The number of hydrogen-bond donors (Lipinski definition) is 1. The number of hydrogen-bond acceptors (Lipinski definition) is 1. The van der Waals surface area contributed by atoms with Crippen LogP contribution in [0.25, 0.3) is 0 Å². The predicted octanol–water partition coefficient (Wildman–Crippen LogP) is 5.07. The molecule has 1 aliphatic carbocycles. The van der Waals surface area contributed by atoms with E-state index in [-0.39, 0.29) is 5.91 Å². The van der Waals surface area contributed by atoms with Crippen LogP contribution < -0.4 is 5.32 Å². The van der Waals surface area contributed by atoms with Crippen molar-refractivity contribution in [2.75, 3.05) is 0 Å². The van der Waals surface area contributed by atoms with Gasteiger partial charge in [0.25, 0.3) is 0 Å². The summed E-state index contributed by atoms with van der Waals surface area (Å²) in [6, 6.07) is 0.427. The molecule has 1 rings (SSSR count). The van der Waals surface area contributed by atoms with Gasteiger partial charge in [-0.1, -0.05) is 72.1 Å². The molecule has 2 heteroatoms. The molecule has 118 valence electrons. The van der Waals surface area contributed by atoms with Gasteiger partial charge in [-0.05, 0) is 24.7 Å². The Morgan fingerprint density at radius 2 is 1.65 bits per heavy atom. The third kappa shape index (κ3) is 6.76. The summed E-state index contributed by atoms with van der Waals surface area (Å²) in [4.78, 5) is 12.0. The maximum absolute atomic E-state index is 12.0. The highest BCUT2D eigenvalue weighted by Crippen LogP contribution is 2.29.